The van der Waals surface area contributed by atoms with E-state index >= 15 is 0 Å². The standard InChI is InChI=1S/C14H18N2O5S/c1-10(17)15-11-4-6-12(7-5-11)22(19,20)16-8-9-21-13(18)14(16,2)3/h4-7H,8-9H2,1-3H3,(H,15,17). The van der Waals surface area contributed by atoms with Crippen LogP contribution in [0.2, 0.25) is 0 Å². The number of sulfonamides is 1. The molecule has 1 N–H and O–H groups in total. The van der Waals surface area contributed by atoms with E-state index in [0.29, 0.717) is 5.69 Å². The van der Waals surface area contributed by atoms with Crippen LogP contribution >= 0.6 is 0 Å². The number of cyclic esters (lactones) is 1. The van der Waals surface area contributed by atoms with Crippen LogP contribution in [0.15, 0.2) is 29.2 Å². The van der Waals surface area contributed by atoms with Gasteiger partial charge in [0, 0.05) is 19.2 Å². The number of carbonyl (C=O) groups is 2. The zero-order valence-corrected chi connectivity index (χ0v) is 13.4. The van der Waals surface area contributed by atoms with Crippen LogP contribution in [0.3, 0.4) is 0 Å². The van der Waals surface area contributed by atoms with Crippen molar-refractivity contribution < 1.29 is 22.7 Å². The van der Waals surface area contributed by atoms with Crippen molar-refractivity contribution in [1.82, 2.24) is 4.31 Å². The molecular weight excluding hydrogens is 308 g/mol. The molecule has 1 aliphatic rings. The van der Waals surface area contributed by atoms with Crippen molar-refractivity contribution in [2.75, 3.05) is 18.5 Å². The SMILES string of the molecule is CC(=O)Nc1ccc(S(=O)(=O)N2CCOC(=O)C2(C)C)cc1. The lowest BCUT2D eigenvalue weighted by Crippen LogP contribution is -2.58. The molecule has 120 valence electrons. The molecular formula is C14H18N2O5S. The fraction of sp³-hybridized carbons (Fsp3) is 0.429. The Morgan fingerprint density at radius 1 is 1.27 bits per heavy atom. The molecule has 1 saturated heterocycles. The van der Waals surface area contributed by atoms with E-state index in [2.05, 4.69) is 5.32 Å². The third kappa shape index (κ3) is 2.97. The summed E-state index contributed by atoms with van der Waals surface area (Å²) in [4.78, 5) is 22.8. The van der Waals surface area contributed by atoms with Crippen LogP contribution in [-0.4, -0.2) is 43.3 Å². The molecule has 0 radical (unpaired) electrons. The molecule has 1 aromatic carbocycles. The van der Waals surface area contributed by atoms with Gasteiger partial charge in [0.25, 0.3) is 0 Å². The van der Waals surface area contributed by atoms with Crippen molar-refractivity contribution >= 4 is 27.6 Å². The lowest BCUT2D eigenvalue weighted by Gasteiger charge is -2.38. The molecule has 0 atom stereocenters. The highest BCUT2D eigenvalue weighted by molar-refractivity contribution is 7.89. The number of ether oxygens (including phenoxy) is 1. The molecule has 1 aliphatic heterocycles. The van der Waals surface area contributed by atoms with Gasteiger partial charge in [-0.3, -0.25) is 9.59 Å². The molecule has 1 heterocycles. The average molecular weight is 326 g/mol. The minimum absolute atomic E-state index is 0.0332. The van der Waals surface area contributed by atoms with Crippen LogP contribution < -0.4 is 5.32 Å². The van der Waals surface area contributed by atoms with Gasteiger partial charge in [0.2, 0.25) is 15.9 Å². The van der Waals surface area contributed by atoms with Crippen LogP contribution in [0, 0.1) is 0 Å². The van der Waals surface area contributed by atoms with E-state index in [-0.39, 0.29) is 24.0 Å². The largest absolute Gasteiger partial charge is 0.463 e. The van der Waals surface area contributed by atoms with Gasteiger partial charge in [0.1, 0.15) is 12.1 Å². The average Bonchev–Trinajstić information content (AvgIpc) is 2.41. The van der Waals surface area contributed by atoms with Crippen molar-refractivity contribution in [2.45, 2.75) is 31.2 Å². The summed E-state index contributed by atoms with van der Waals surface area (Å²) in [6.45, 7) is 4.53. The number of carbonyl (C=O) groups excluding carboxylic acids is 2. The van der Waals surface area contributed by atoms with Crippen LogP contribution in [0.25, 0.3) is 0 Å². The zero-order chi connectivity index (χ0) is 16.5. The van der Waals surface area contributed by atoms with Gasteiger partial charge in [-0.2, -0.15) is 4.31 Å². The third-order valence-corrected chi connectivity index (χ3v) is 5.50. The molecule has 0 spiro atoms. The second kappa shape index (κ2) is 5.69. The van der Waals surface area contributed by atoms with Crippen molar-refractivity contribution in [2.24, 2.45) is 0 Å². The van der Waals surface area contributed by atoms with Crippen LogP contribution in [0.4, 0.5) is 5.69 Å². The van der Waals surface area contributed by atoms with E-state index in [0.717, 1.165) is 4.31 Å². The number of benzene rings is 1. The Hall–Kier alpha value is -1.93. The lowest BCUT2D eigenvalue weighted by atomic mass is 10.1. The minimum Gasteiger partial charge on any atom is -0.463 e. The number of hydrogen-bond acceptors (Lipinski definition) is 5. The van der Waals surface area contributed by atoms with E-state index < -0.39 is 21.5 Å². The minimum atomic E-state index is -3.83. The molecule has 1 aromatic rings. The second-order valence-electron chi connectivity index (χ2n) is 5.48. The Morgan fingerprint density at radius 2 is 1.86 bits per heavy atom. The number of anilines is 1. The molecule has 8 heteroatoms. The van der Waals surface area contributed by atoms with Gasteiger partial charge >= 0.3 is 5.97 Å². The van der Waals surface area contributed by atoms with Gasteiger partial charge in [0.05, 0.1) is 4.90 Å². The van der Waals surface area contributed by atoms with Gasteiger partial charge in [-0.15, -0.1) is 0 Å². The first-order valence-corrected chi connectivity index (χ1v) is 8.17. The van der Waals surface area contributed by atoms with Crippen molar-refractivity contribution in [3.63, 3.8) is 0 Å². The number of amides is 1. The van der Waals surface area contributed by atoms with Crippen molar-refractivity contribution in [3.05, 3.63) is 24.3 Å². The number of nitrogens with zero attached hydrogens (tertiary/aromatic N) is 1. The molecule has 7 nitrogen and oxygen atoms in total. The van der Waals surface area contributed by atoms with E-state index in [1.807, 2.05) is 0 Å². The fourth-order valence-corrected chi connectivity index (χ4v) is 3.97. The first-order chi connectivity index (χ1) is 10.2. The summed E-state index contributed by atoms with van der Waals surface area (Å²) in [6.07, 6.45) is 0. The number of esters is 1. The summed E-state index contributed by atoms with van der Waals surface area (Å²) in [6, 6.07) is 5.81. The summed E-state index contributed by atoms with van der Waals surface area (Å²) < 4.78 is 31.5. The maximum absolute atomic E-state index is 12.7. The smallest absolute Gasteiger partial charge is 0.327 e. The molecule has 0 aromatic heterocycles. The maximum atomic E-state index is 12.7. The zero-order valence-electron chi connectivity index (χ0n) is 12.6. The Morgan fingerprint density at radius 3 is 2.41 bits per heavy atom. The van der Waals surface area contributed by atoms with E-state index in [1.54, 1.807) is 0 Å². The highest BCUT2D eigenvalue weighted by Crippen LogP contribution is 2.28. The third-order valence-electron chi connectivity index (χ3n) is 3.41. The molecule has 0 aliphatic carbocycles. The van der Waals surface area contributed by atoms with Crippen LogP contribution in [-0.2, 0) is 24.3 Å². The number of morpholine rings is 1. The monoisotopic (exact) mass is 326 g/mol. The molecule has 1 fully saturated rings. The Bertz CT molecular complexity index is 694. The van der Waals surface area contributed by atoms with Gasteiger partial charge < -0.3 is 10.1 Å². The summed E-state index contributed by atoms with van der Waals surface area (Å²) in [5, 5.41) is 2.56. The molecule has 0 saturated carbocycles. The molecule has 2 rings (SSSR count). The normalized spacial score (nSPS) is 18.6. The molecule has 1 amide bonds. The van der Waals surface area contributed by atoms with E-state index in [1.165, 1.54) is 45.0 Å². The Labute approximate surface area is 129 Å². The van der Waals surface area contributed by atoms with Gasteiger partial charge in [0.15, 0.2) is 0 Å². The first kappa shape index (κ1) is 16.4. The second-order valence-corrected chi connectivity index (χ2v) is 7.34. The molecule has 0 bridgehead atoms. The summed E-state index contributed by atoms with van der Waals surface area (Å²) in [5.74, 6) is -0.812. The maximum Gasteiger partial charge on any atom is 0.327 e. The summed E-state index contributed by atoms with van der Waals surface area (Å²) >= 11 is 0. The molecule has 22 heavy (non-hydrogen) atoms. The van der Waals surface area contributed by atoms with Gasteiger partial charge in [-0.05, 0) is 38.1 Å². The quantitative estimate of drug-likeness (QED) is 0.836. The van der Waals surface area contributed by atoms with Gasteiger partial charge in [-0.1, -0.05) is 0 Å². The highest BCUT2D eigenvalue weighted by atomic mass is 32.2. The topological polar surface area (TPSA) is 92.8 Å². The fourth-order valence-electron chi connectivity index (χ4n) is 2.24. The number of rotatable bonds is 3. The number of hydrogen-bond donors (Lipinski definition) is 1. The van der Waals surface area contributed by atoms with E-state index in [4.69, 9.17) is 4.74 Å². The summed E-state index contributed by atoms with van der Waals surface area (Å²) in [5.41, 5.74) is -0.753. The summed E-state index contributed by atoms with van der Waals surface area (Å²) in [7, 11) is -3.83. The van der Waals surface area contributed by atoms with Gasteiger partial charge in [-0.25, -0.2) is 8.42 Å². The predicted octanol–water partition coefficient (Wildman–Crippen LogP) is 0.971. The van der Waals surface area contributed by atoms with Crippen LogP contribution in [0.5, 0.6) is 0 Å². The number of nitrogens with one attached hydrogen (secondary N) is 1. The first-order valence-electron chi connectivity index (χ1n) is 6.73. The Kier molecular flexibility index (Phi) is 4.25. The Balaban J connectivity index is 2.34. The van der Waals surface area contributed by atoms with Crippen LogP contribution in [0.1, 0.15) is 20.8 Å². The lowest BCUT2D eigenvalue weighted by molar-refractivity contribution is -0.160. The van der Waals surface area contributed by atoms with E-state index in [9.17, 15) is 18.0 Å². The molecule has 0 unspecified atom stereocenters. The predicted molar refractivity (Wildman–Crippen MR) is 79.7 cm³/mol. The highest BCUT2D eigenvalue weighted by Gasteiger charge is 2.46. The van der Waals surface area contributed by atoms with Crippen molar-refractivity contribution in [1.29, 1.82) is 0 Å². The van der Waals surface area contributed by atoms with Crippen molar-refractivity contribution in [3.8, 4) is 0 Å².